The van der Waals surface area contributed by atoms with Crippen LogP contribution in [0.1, 0.15) is 85.5 Å². The molecule has 3 atom stereocenters. The predicted octanol–water partition coefficient (Wildman–Crippen LogP) is 5.17. The minimum Gasteiger partial charge on any atom is -0.393 e. The molecule has 0 amide bonds. The van der Waals surface area contributed by atoms with E-state index in [0.29, 0.717) is 5.92 Å². The van der Waals surface area contributed by atoms with Crippen LogP contribution in [0, 0.1) is 11.8 Å². The average Bonchev–Trinajstić information content (AvgIpc) is 2.28. The molecule has 1 nitrogen and oxygen atoms in total. The number of aliphatic hydroxyl groups is 1. The summed E-state index contributed by atoms with van der Waals surface area (Å²) in [5.41, 5.74) is 0. The second-order valence-corrected chi connectivity index (χ2v) is 5.96. The molecule has 0 aliphatic heterocycles. The zero-order valence-electron chi connectivity index (χ0n) is 12.5. The Morgan fingerprint density at radius 2 is 1.35 bits per heavy atom. The van der Waals surface area contributed by atoms with Crippen molar-refractivity contribution in [1.29, 1.82) is 0 Å². The van der Waals surface area contributed by atoms with E-state index in [9.17, 15) is 5.11 Å². The molecular formula is C16H34O. The summed E-state index contributed by atoms with van der Waals surface area (Å²) < 4.78 is 0. The Bertz CT molecular complexity index is 154. The summed E-state index contributed by atoms with van der Waals surface area (Å²) in [5, 5.41) is 9.41. The van der Waals surface area contributed by atoms with Gasteiger partial charge in [-0.2, -0.15) is 0 Å². The average molecular weight is 242 g/mol. The fourth-order valence-corrected chi connectivity index (χ4v) is 2.27. The molecule has 0 fully saturated rings. The molecule has 0 saturated carbocycles. The molecule has 0 spiro atoms. The summed E-state index contributed by atoms with van der Waals surface area (Å²) in [6.45, 7) is 8.71. The minimum atomic E-state index is -0.139. The monoisotopic (exact) mass is 242 g/mol. The largest absolute Gasteiger partial charge is 0.393 e. The molecule has 0 aromatic carbocycles. The molecule has 0 rings (SSSR count). The fourth-order valence-electron chi connectivity index (χ4n) is 2.27. The predicted molar refractivity (Wildman–Crippen MR) is 77.2 cm³/mol. The summed E-state index contributed by atoms with van der Waals surface area (Å²) in [5.74, 6) is 1.34. The molecule has 0 unspecified atom stereocenters. The van der Waals surface area contributed by atoms with Gasteiger partial charge in [-0.3, -0.25) is 0 Å². The zero-order chi connectivity index (χ0) is 13.1. The van der Waals surface area contributed by atoms with Gasteiger partial charge in [0, 0.05) is 0 Å². The summed E-state index contributed by atoms with van der Waals surface area (Å²) in [6.07, 6.45) is 12.0. The molecule has 0 heterocycles. The van der Waals surface area contributed by atoms with Crippen molar-refractivity contribution in [1.82, 2.24) is 0 Å². The zero-order valence-corrected chi connectivity index (χ0v) is 12.5. The number of hydrogen-bond donors (Lipinski definition) is 1. The maximum Gasteiger partial charge on any atom is 0.0537 e. The smallest absolute Gasteiger partial charge is 0.0537 e. The highest BCUT2D eigenvalue weighted by Crippen LogP contribution is 2.19. The van der Waals surface area contributed by atoms with Crippen molar-refractivity contribution in [2.45, 2.75) is 91.6 Å². The number of unbranched alkanes of at least 4 members (excludes halogenated alkanes) is 4. The number of aliphatic hydroxyl groups excluding tert-OH is 1. The lowest BCUT2D eigenvalue weighted by Gasteiger charge is -2.16. The first-order valence-electron chi connectivity index (χ1n) is 7.76. The second kappa shape index (κ2) is 11.1. The quantitative estimate of drug-likeness (QED) is 0.496. The highest BCUT2D eigenvalue weighted by atomic mass is 16.3. The summed E-state index contributed by atoms with van der Waals surface area (Å²) in [4.78, 5) is 0. The molecule has 1 heteroatoms. The van der Waals surface area contributed by atoms with Gasteiger partial charge in [-0.05, 0) is 25.2 Å². The molecule has 0 saturated heterocycles. The molecule has 0 bridgehead atoms. The molecule has 17 heavy (non-hydrogen) atoms. The van der Waals surface area contributed by atoms with Gasteiger partial charge in [0.05, 0.1) is 6.10 Å². The Labute approximate surface area is 109 Å². The molecule has 1 N–H and O–H groups in total. The second-order valence-electron chi connectivity index (χ2n) is 5.96. The van der Waals surface area contributed by atoms with E-state index in [1.165, 1.54) is 57.8 Å². The van der Waals surface area contributed by atoms with Gasteiger partial charge in [-0.15, -0.1) is 0 Å². The van der Waals surface area contributed by atoms with Crippen molar-refractivity contribution in [3.05, 3.63) is 0 Å². The molecular weight excluding hydrogens is 208 g/mol. The van der Waals surface area contributed by atoms with Gasteiger partial charge < -0.3 is 5.11 Å². The SMILES string of the molecule is CCCCCCC[C@H](C)CCC[C@@H](C)[C@H](C)O. The van der Waals surface area contributed by atoms with Gasteiger partial charge in [-0.1, -0.05) is 72.1 Å². The van der Waals surface area contributed by atoms with Crippen LogP contribution in [0.15, 0.2) is 0 Å². The van der Waals surface area contributed by atoms with E-state index in [2.05, 4.69) is 20.8 Å². The van der Waals surface area contributed by atoms with Gasteiger partial charge >= 0.3 is 0 Å². The topological polar surface area (TPSA) is 20.2 Å². The van der Waals surface area contributed by atoms with Crippen LogP contribution < -0.4 is 0 Å². The van der Waals surface area contributed by atoms with E-state index in [1.54, 1.807) is 0 Å². The van der Waals surface area contributed by atoms with Gasteiger partial charge in [0.2, 0.25) is 0 Å². The Morgan fingerprint density at radius 1 is 0.765 bits per heavy atom. The van der Waals surface area contributed by atoms with Crippen LogP contribution >= 0.6 is 0 Å². The molecule has 0 aliphatic carbocycles. The third-order valence-corrected chi connectivity index (χ3v) is 3.98. The van der Waals surface area contributed by atoms with Crippen LogP contribution in [0.3, 0.4) is 0 Å². The lowest BCUT2D eigenvalue weighted by Crippen LogP contribution is -2.13. The van der Waals surface area contributed by atoms with E-state index in [-0.39, 0.29) is 6.10 Å². The van der Waals surface area contributed by atoms with Crippen molar-refractivity contribution >= 4 is 0 Å². The van der Waals surface area contributed by atoms with Crippen LogP contribution in [-0.4, -0.2) is 11.2 Å². The maximum atomic E-state index is 9.41. The standard InChI is InChI=1S/C16H34O/c1-5-6-7-8-9-11-14(2)12-10-13-15(3)16(4)17/h14-17H,5-13H2,1-4H3/t14-,15+,16-/m0/s1. The highest BCUT2D eigenvalue weighted by molar-refractivity contribution is 4.61. The highest BCUT2D eigenvalue weighted by Gasteiger charge is 2.09. The van der Waals surface area contributed by atoms with Crippen LogP contribution in [0.2, 0.25) is 0 Å². The van der Waals surface area contributed by atoms with Crippen molar-refractivity contribution in [2.75, 3.05) is 0 Å². The van der Waals surface area contributed by atoms with Gasteiger partial charge in [0.15, 0.2) is 0 Å². The van der Waals surface area contributed by atoms with E-state index >= 15 is 0 Å². The van der Waals surface area contributed by atoms with Crippen molar-refractivity contribution in [3.8, 4) is 0 Å². The Morgan fingerprint density at radius 3 is 1.94 bits per heavy atom. The minimum absolute atomic E-state index is 0.139. The van der Waals surface area contributed by atoms with E-state index in [0.717, 1.165) is 5.92 Å². The fraction of sp³-hybridized carbons (Fsp3) is 1.00. The van der Waals surface area contributed by atoms with Crippen LogP contribution in [0.4, 0.5) is 0 Å². The summed E-state index contributed by atoms with van der Waals surface area (Å²) >= 11 is 0. The first-order chi connectivity index (χ1) is 8.07. The van der Waals surface area contributed by atoms with Crippen LogP contribution in [0.5, 0.6) is 0 Å². The van der Waals surface area contributed by atoms with Gasteiger partial charge in [0.25, 0.3) is 0 Å². The first kappa shape index (κ1) is 17.0. The Kier molecular flexibility index (Phi) is 11.0. The first-order valence-corrected chi connectivity index (χ1v) is 7.76. The number of rotatable bonds is 11. The molecule has 0 aromatic rings. The lowest BCUT2D eigenvalue weighted by molar-refractivity contribution is 0.127. The third kappa shape index (κ3) is 10.8. The molecule has 0 aromatic heterocycles. The van der Waals surface area contributed by atoms with E-state index in [4.69, 9.17) is 0 Å². The third-order valence-electron chi connectivity index (χ3n) is 3.98. The van der Waals surface area contributed by atoms with E-state index < -0.39 is 0 Å². The van der Waals surface area contributed by atoms with Crippen molar-refractivity contribution in [3.63, 3.8) is 0 Å². The van der Waals surface area contributed by atoms with Crippen LogP contribution in [0.25, 0.3) is 0 Å². The lowest BCUT2D eigenvalue weighted by atomic mass is 9.93. The Hall–Kier alpha value is -0.0400. The van der Waals surface area contributed by atoms with Crippen LogP contribution in [-0.2, 0) is 0 Å². The van der Waals surface area contributed by atoms with E-state index in [1.807, 2.05) is 6.92 Å². The molecule has 104 valence electrons. The molecule has 0 radical (unpaired) electrons. The molecule has 0 aliphatic rings. The maximum absolute atomic E-state index is 9.41. The Balaban J connectivity index is 3.31. The van der Waals surface area contributed by atoms with Crippen molar-refractivity contribution < 1.29 is 5.11 Å². The van der Waals surface area contributed by atoms with Crippen molar-refractivity contribution in [2.24, 2.45) is 11.8 Å². The van der Waals surface area contributed by atoms with Gasteiger partial charge in [-0.25, -0.2) is 0 Å². The van der Waals surface area contributed by atoms with Gasteiger partial charge in [0.1, 0.15) is 0 Å². The normalized spacial score (nSPS) is 16.8. The summed E-state index contributed by atoms with van der Waals surface area (Å²) in [6, 6.07) is 0. The summed E-state index contributed by atoms with van der Waals surface area (Å²) in [7, 11) is 0. The number of hydrogen-bond acceptors (Lipinski definition) is 1.